The van der Waals surface area contributed by atoms with E-state index in [0.717, 1.165) is 11.1 Å². The van der Waals surface area contributed by atoms with Crippen molar-refractivity contribution in [3.8, 4) is 23.0 Å². The summed E-state index contributed by atoms with van der Waals surface area (Å²) in [6.07, 6.45) is -1.10. The van der Waals surface area contributed by atoms with Gasteiger partial charge in [0, 0.05) is 12.0 Å². The Kier molecular flexibility index (Phi) is 3.20. The van der Waals surface area contributed by atoms with E-state index in [1.54, 1.807) is 6.07 Å². The normalized spacial score (nSPS) is 17.0. The van der Waals surface area contributed by atoms with Crippen LogP contribution in [0.15, 0.2) is 24.3 Å². The second-order valence-corrected chi connectivity index (χ2v) is 5.50. The molecule has 0 amide bonds. The summed E-state index contributed by atoms with van der Waals surface area (Å²) in [6, 6.07) is 5.86. The number of carbonyl (C=O) groups is 1. The summed E-state index contributed by atoms with van der Waals surface area (Å²) >= 11 is 0. The van der Waals surface area contributed by atoms with E-state index in [1.807, 2.05) is 13.8 Å². The lowest BCUT2D eigenvalue weighted by Gasteiger charge is -2.28. The van der Waals surface area contributed by atoms with E-state index < -0.39 is 6.10 Å². The first-order valence-corrected chi connectivity index (χ1v) is 6.92. The fourth-order valence-electron chi connectivity index (χ4n) is 2.73. The molecule has 0 radical (unpaired) electrons. The van der Waals surface area contributed by atoms with Gasteiger partial charge < -0.3 is 20.1 Å². The minimum absolute atomic E-state index is 0.0132. The van der Waals surface area contributed by atoms with Crippen LogP contribution in [0.4, 0.5) is 0 Å². The lowest BCUT2D eigenvalue weighted by atomic mass is 9.92. The van der Waals surface area contributed by atoms with Gasteiger partial charge in [0.2, 0.25) is 0 Å². The maximum absolute atomic E-state index is 12.4. The number of Topliss-reactive ketones (excluding diaryl/α,β-unsaturated/α-hetero) is 1. The zero-order valence-electron chi connectivity index (χ0n) is 12.3. The molecule has 3 N–H and O–H groups in total. The van der Waals surface area contributed by atoms with Crippen LogP contribution in [-0.4, -0.2) is 21.1 Å². The van der Waals surface area contributed by atoms with E-state index in [1.165, 1.54) is 18.2 Å². The molecule has 3 rings (SSSR count). The van der Waals surface area contributed by atoms with Gasteiger partial charge in [-0.05, 0) is 43.2 Å². The number of aryl methyl sites for hydroxylation is 1. The van der Waals surface area contributed by atoms with Crippen LogP contribution in [0.1, 0.15) is 28.4 Å². The van der Waals surface area contributed by atoms with Crippen molar-refractivity contribution in [2.75, 3.05) is 0 Å². The van der Waals surface area contributed by atoms with Gasteiger partial charge in [-0.15, -0.1) is 0 Å². The number of ketones is 1. The first-order valence-electron chi connectivity index (χ1n) is 6.92. The number of aromatic hydroxyl groups is 3. The smallest absolute Gasteiger partial charge is 0.189 e. The van der Waals surface area contributed by atoms with Crippen molar-refractivity contribution in [3.63, 3.8) is 0 Å². The molecule has 5 heteroatoms. The molecule has 1 aliphatic rings. The maximum atomic E-state index is 12.4. The Morgan fingerprint density at radius 3 is 2.36 bits per heavy atom. The number of phenolic OH excluding ortho intramolecular Hbond substituents is 3. The maximum Gasteiger partial charge on any atom is 0.189 e. The fourth-order valence-corrected chi connectivity index (χ4v) is 2.73. The van der Waals surface area contributed by atoms with Crippen molar-refractivity contribution in [2.45, 2.75) is 26.4 Å². The Bertz CT molecular complexity index is 759. The number of carbonyl (C=O) groups excluding carboxylic acids is 1. The number of rotatable bonds is 1. The highest BCUT2D eigenvalue weighted by Crippen LogP contribution is 2.44. The van der Waals surface area contributed by atoms with Crippen molar-refractivity contribution in [2.24, 2.45) is 0 Å². The molecule has 1 unspecified atom stereocenters. The molecular weight excluding hydrogens is 284 g/mol. The molecule has 0 saturated carbocycles. The van der Waals surface area contributed by atoms with Gasteiger partial charge >= 0.3 is 0 Å². The molecule has 2 aromatic carbocycles. The van der Waals surface area contributed by atoms with Crippen LogP contribution >= 0.6 is 0 Å². The number of ether oxygens (including phenoxy) is 1. The van der Waals surface area contributed by atoms with E-state index in [0.29, 0.717) is 11.3 Å². The van der Waals surface area contributed by atoms with Crippen molar-refractivity contribution in [1.82, 2.24) is 0 Å². The van der Waals surface area contributed by atoms with E-state index in [9.17, 15) is 20.1 Å². The van der Waals surface area contributed by atoms with E-state index in [4.69, 9.17) is 4.74 Å². The van der Waals surface area contributed by atoms with Gasteiger partial charge in [0.1, 0.15) is 23.0 Å². The highest BCUT2D eigenvalue weighted by Gasteiger charge is 2.35. The average molecular weight is 300 g/mol. The molecule has 0 bridgehead atoms. The standard InChI is InChI=1S/C17H16O5/c1-8-6-13(20)10-7-14(21)17(22-16(10)9(8)2)15-11(18)4-3-5-12(15)19/h3-6,17-20H,7H2,1-2H3. The average Bonchev–Trinajstić information content (AvgIpc) is 2.46. The first kappa shape index (κ1) is 14.3. The zero-order chi connectivity index (χ0) is 16.0. The van der Waals surface area contributed by atoms with Crippen LogP contribution in [0.3, 0.4) is 0 Å². The van der Waals surface area contributed by atoms with Crippen molar-refractivity contribution in [1.29, 1.82) is 0 Å². The van der Waals surface area contributed by atoms with Gasteiger partial charge in [0.25, 0.3) is 0 Å². The van der Waals surface area contributed by atoms with Crippen molar-refractivity contribution < 1.29 is 24.9 Å². The van der Waals surface area contributed by atoms with Crippen molar-refractivity contribution in [3.05, 3.63) is 46.5 Å². The Morgan fingerprint density at radius 1 is 1.09 bits per heavy atom. The summed E-state index contributed by atoms with van der Waals surface area (Å²) in [6.45, 7) is 3.67. The van der Waals surface area contributed by atoms with Crippen LogP contribution in [-0.2, 0) is 11.2 Å². The number of fused-ring (bicyclic) bond motifs is 1. The highest BCUT2D eigenvalue weighted by molar-refractivity contribution is 5.91. The lowest BCUT2D eigenvalue weighted by molar-refractivity contribution is -0.126. The van der Waals surface area contributed by atoms with Crippen LogP contribution in [0, 0.1) is 13.8 Å². The number of hydrogen-bond donors (Lipinski definition) is 3. The second-order valence-electron chi connectivity index (χ2n) is 5.50. The Balaban J connectivity index is 2.14. The predicted molar refractivity (Wildman–Crippen MR) is 79.4 cm³/mol. The van der Waals surface area contributed by atoms with E-state index >= 15 is 0 Å². The molecule has 0 spiro atoms. The molecule has 1 atom stereocenters. The van der Waals surface area contributed by atoms with E-state index in [-0.39, 0.29) is 35.0 Å². The molecule has 0 saturated heterocycles. The lowest BCUT2D eigenvalue weighted by Crippen LogP contribution is -2.26. The third kappa shape index (κ3) is 2.06. The molecule has 5 nitrogen and oxygen atoms in total. The monoisotopic (exact) mass is 300 g/mol. The second kappa shape index (κ2) is 4.94. The summed E-state index contributed by atoms with van der Waals surface area (Å²) in [5.74, 6) is -0.272. The molecular formula is C17H16O5. The summed E-state index contributed by atoms with van der Waals surface area (Å²) in [7, 11) is 0. The molecule has 1 aliphatic heterocycles. The minimum atomic E-state index is -1.09. The van der Waals surface area contributed by atoms with Gasteiger partial charge in [0.15, 0.2) is 11.9 Å². The third-order valence-electron chi connectivity index (χ3n) is 4.07. The number of phenols is 3. The summed E-state index contributed by atoms with van der Waals surface area (Å²) < 4.78 is 5.75. The van der Waals surface area contributed by atoms with Gasteiger partial charge in [-0.2, -0.15) is 0 Å². The molecule has 0 fully saturated rings. The molecule has 2 aromatic rings. The Hall–Kier alpha value is -2.69. The van der Waals surface area contributed by atoms with Crippen LogP contribution in [0.2, 0.25) is 0 Å². The Labute approximate surface area is 127 Å². The van der Waals surface area contributed by atoms with Crippen LogP contribution in [0.5, 0.6) is 23.0 Å². The fraction of sp³-hybridized carbons (Fsp3) is 0.235. The van der Waals surface area contributed by atoms with Crippen LogP contribution < -0.4 is 4.74 Å². The van der Waals surface area contributed by atoms with Gasteiger partial charge in [-0.1, -0.05) is 6.07 Å². The summed E-state index contributed by atoms with van der Waals surface area (Å²) in [5.41, 5.74) is 2.16. The zero-order valence-corrected chi connectivity index (χ0v) is 12.3. The minimum Gasteiger partial charge on any atom is -0.508 e. The molecule has 22 heavy (non-hydrogen) atoms. The molecule has 114 valence electrons. The highest BCUT2D eigenvalue weighted by atomic mass is 16.5. The van der Waals surface area contributed by atoms with Crippen LogP contribution in [0.25, 0.3) is 0 Å². The van der Waals surface area contributed by atoms with Gasteiger partial charge in [-0.3, -0.25) is 4.79 Å². The summed E-state index contributed by atoms with van der Waals surface area (Å²) in [4.78, 5) is 12.4. The summed E-state index contributed by atoms with van der Waals surface area (Å²) in [5, 5.41) is 29.9. The van der Waals surface area contributed by atoms with Crippen molar-refractivity contribution >= 4 is 5.78 Å². The number of hydrogen-bond acceptors (Lipinski definition) is 5. The molecule has 0 aromatic heterocycles. The Morgan fingerprint density at radius 2 is 1.73 bits per heavy atom. The predicted octanol–water partition coefficient (Wildman–Crippen LogP) is 2.67. The number of benzene rings is 2. The van der Waals surface area contributed by atoms with E-state index in [2.05, 4.69) is 0 Å². The SMILES string of the molecule is Cc1cc(O)c2c(c1C)OC(c1c(O)cccc1O)C(=O)C2. The third-order valence-corrected chi connectivity index (χ3v) is 4.07. The van der Waals surface area contributed by atoms with Gasteiger partial charge in [0.05, 0.1) is 5.56 Å². The first-order chi connectivity index (χ1) is 10.4. The topological polar surface area (TPSA) is 87.0 Å². The molecule has 1 heterocycles. The quantitative estimate of drug-likeness (QED) is 0.753. The van der Waals surface area contributed by atoms with Gasteiger partial charge in [-0.25, -0.2) is 0 Å². The largest absolute Gasteiger partial charge is 0.508 e. The molecule has 0 aliphatic carbocycles.